The molecule has 0 aliphatic carbocycles. The lowest BCUT2D eigenvalue weighted by Gasteiger charge is -2.23. The molecule has 0 radical (unpaired) electrons. The van der Waals surface area contributed by atoms with Crippen molar-refractivity contribution in [3.63, 3.8) is 0 Å². The van der Waals surface area contributed by atoms with Gasteiger partial charge in [0.15, 0.2) is 0 Å². The van der Waals surface area contributed by atoms with Gasteiger partial charge in [-0.25, -0.2) is 0 Å². The highest BCUT2D eigenvalue weighted by Gasteiger charge is 2.04. The fourth-order valence-corrected chi connectivity index (χ4v) is 2.83. The van der Waals surface area contributed by atoms with Crippen LogP contribution in [0.4, 0.5) is 0 Å². The molecule has 0 aromatic carbocycles. The van der Waals surface area contributed by atoms with Crippen LogP contribution in [0.1, 0.15) is 96.8 Å². The minimum atomic E-state index is 1.11. The van der Waals surface area contributed by atoms with Crippen molar-refractivity contribution in [2.45, 2.75) is 96.8 Å². The maximum absolute atomic E-state index is 2.42. The molecule has 0 atom stereocenters. The van der Waals surface area contributed by atoms with Crippen LogP contribution in [0.5, 0.6) is 0 Å². The van der Waals surface area contributed by atoms with Crippen LogP contribution >= 0.6 is 0 Å². The number of rotatable bonds is 16. The molecular formula is C21H44N+. The van der Waals surface area contributed by atoms with Gasteiger partial charge in [-0.15, -0.1) is 0 Å². The molecule has 1 heteroatoms. The summed E-state index contributed by atoms with van der Waals surface area (Å²) in [5, 5.41) is 0. The molecule has 0 amide bonds. The van der Waals surface area contributed by atoms with Gasteiger partial charge < -0.3 is 4.48 Å². The fraction of sp³-hybridized carbons (Fsp3) is 0.905. The molecule has 0 N–H and O–H groups in total. The van der Waals surface area contributed by atoms with E-state index in [-0.39, 0.29) is 0 Å². The minimum Gasteiger partial charge on any atom is -0.331 e. The summed E-state index contributed by atoms with van der Waals surface area (Å²) >= 11 is 0. The molecule has 132 valence electrons. The molecule has 0 saturated carbocycles. The summed E-state index contributed by atoms with van der Waals surface area (Å²) in [6.07, 6.45) is 24.4. The summed E-state index contributed by atoms with van der Waals surface area (Å²) in [5.41, 5.74) is 0. The van der Waals surface area contributed by atoms with E-state index in [1.807, 2.05) is 0 Å². The van der Waals surface area contributed by atoms with Gasteiger partial charge in [0, 0.05) is 0 Å². The molecule has 0 unspecified atom stereocenters. The van der Waals surface area contributed by atoms with E-state index in [0.29, 0.717) is 0 Å². The van der Waals surface area contributed by atoms with Crippen molar-refractivity contribution in [1.29, 1.82) is 0 Å². The third-order valence-electron chi connectivity index (χ3n) is 4.34. The molecule has 0 heterocycles. The monoisotopic (exact) mass is 310 g/mol. The Hall–Kier alpha value is -0.300. The average Bonchev–Trinajstić information content (AvgIpc) is 2.45. The van der Waals surface area contributed by atoms with Gasteiger partial charge in [-0.2, -0.15) is 0 Å². The third kappa shape index (κ3) is 19.7. The van der Waals surface area contributed by atoms with Crippen LogP contribution in [-0.4, -0.2) is 32.2 Å². The van der Waals surface area contributed by atoms with Crippen LogP contribution in [0.15, 0.2) is 12.2 Å². The van der Waals surface area contributed by atoms with Crippen LogP contribution in [0.3, 0.4) is 0 Å². The highest BCUT2D eigenvalue weighted by molar-refractivity contribution is 4.81. The standard InChI is InChI=1S/C21H44N/c1-5-6-7-8-9-10-11-12-13-14-15-16-17-18-19-20-21-22(2,3)4/h12-13H,5-11,14-21H2,1-4H3/q+1. The van der Waals surface area contributed by atoms with Crippen LogP contribution in [0.25, 0.3) is 0 Å². The number of unbranched alkanes of at least 4 members (excludes halogenated alkanes) is 12. The number of quaternary nitrogens is 1. The summed E-state index contributed by atoms with van der Waals surface area (Å²) in [5.74, 6) is 0. The van der Waals surface area contributed by atoms with E-state index in [2.05, 4.69) is 40.2 Å². The summed E-state index contributed by atoms with van der Waals surface area (Å²) in [4.78, 5) is 0. The quantitative estimate of drug-likeness (QED) is 0.168. The minimum absolute atomic E-state index is 1.11. The van der Waals surface area contributed by atoms with Gasteiger partial charge in [0.25, 0.3) is 0 Å². The van der Waals surface area contributed by atoms with Crippen molar-refractivity contribution in [1.82, 2.24) is 0 Å². The van der Waals surface area contributed by atoms with Gasteiger partial charge in [-0.1, -0.05) is 70.4 Å². The Bertz CT molecular complexity index is 237. The van der Waals surface area contributed by atoms with Crippen molar-refractivity contribution in [3.05, 3.63) is 12.2 Å². The van der Waals surface area contributed by atoms with Crippen LogP contribution in [0.2, 0.25) is 0 Å². The smallest absolute Gasteiger partial charge is 0.0780 e. The Morgan fingerprint density at radius 2 is 0.955 bits per heavy atom. The van der Waals surface area contributed by atoms with E-state index < -0.39 is 0 Å². The van der Waals surface area contributed by atoms with E-state index in [0.717, 1.165) is 4.48 Å². The second kappa shape index (κ2) is 15.6. The van der Waals surface area contributed by atoms with E-state index in [9.17, 15) is 0 Å². The topological polar surface area (TPSA) is 0 Å². The van der Waals surface area contributed by atoms with Crippen molar-refractivity contribution in [2.24, 2.45) is 0 Å². The van der Waals surface area contributed by atoms with Crippen LogP contribution in [0, 0.1) is 0 Å². The Balaban J connectivity index is 3.11. The summed E-state index contributed by atoms with van der Waals surface area (Å²) in [6.45, 7) is 3.61. The summed E-state index contributed by atoms with van der Waals surface area (Å²) < 4.78 is 1.11. The molecule has 0 rings (SSSR count). The van der Waals surface area contributed by atoms with Crippen molar-refractivity contribution in [3.8, 4) is 0 Å². The maximum atomic E-state index is 2.42. The molecule has 0 spiro atoms. The highest BCUT2D eigenvalue weighted by atomic mass is 15.3. The molecule has 0 aliphatic rings. The molecule has 1 nitrogen and oxygen atoms in total. The number of nitrogens with zero attached hydrogens (tertiary/aromatic N) is 1. The first kappa shape index (κ1) is 21.7. The van der Waals surface area contributed by atoms with Crippen molar-refractivity contribution < 1.29 is 4.48 Å². The lowest BCUT2D eigenvalue weighted by Crippen LogP contribution is -2.35. The summed E-state index contributed by atoms with van der Waals surface area (Å²) in [7, 11) is 6.87. The van der Waals surface area contributed by atoms with E-state index >= 15 is 0 Å². The zero-order valence-electron chi connectivity index (χ0n) is 16.2. The van der Waals surface area contributed by atoms with E-state index in [1.54, 1.807) is 0 Å². The van der Waals surface area contributed by atoms with Gasteiger partial charge >= 0.3 is 0 Å². The summed E-state index contributed by atoms with van der Waals surface area (Å²) in [6, 6.07) is 0. The Labute approximate surface area is 141 Å². The Kier molecular flexibility index (Phi) is 15.4. The van der Waals surface area contributed by atoms with E-state index in [1.165, 1.54) is 96.4 Å². The first-order chi connectivity index (χ1) is 10.6. The number of hydrogen-bond acceptors (Lipinski definition) is 0. The van der Waals surface area contributed by atoms with Gasteiger partial charge in [-0.3, -0.25) is 0 Å². The fourth-order valence-electron chi connectivity index (χ4n) is 2.83. The van der Waals surface area contributed by atoms with Gasteiger partial charge in [0.1, 0.15) is 0 Å². The zero-order chi connectivity index (χ0) is 16.5. The van der Waals surface area contributed by atoms with Crippen molar-refractivity contribution >= 4 is 0 Å². The molecule has 0 fully saturated rings. The highest BCUT2D eigenvalue weighted by Crippen LogP contribution is 2.10. The lowest BCUT2D eigenvalue weighted by molar-refractivity contribution is -0.870. The normalized spacial score (nSPS) is 12.4. The number of hydrogen-bond donors (Lipinski definition) is 0. The van der Waals surface area contributed by atoms with Gasteiger partial charge in [-0.05, 0) is 38.5 Å². The van der Waals surface area contributed by atoms with Gasteiger partial charge in [0.2, 0.25) is 0 Å². The zero-order valence-corrected chi connectivity index (χ0v) is 16.2. The van der Waals surface area contributed by atoms with Crippen LogP contribution in [-0.2, 0) is 0 Å². The number of allylic oxidation sites excluding steroid dienone is 2. The predicted molar refractivity (Wildman–Crippen MR) is 102 cm³/mol. The van der Waals surface area contributed by atoms with Crippen LogP contribution < -0.4 is 0 Å². The SMILES string of the molecule is CCCCCCCCC=CCCCCCCCC[N+](C)(C)C. The lowest BCUT2D eigenvalue weighted by atomic mass is 10.1. The molecule has 0 aromatic heterocycles. The maximum Gasteiger partial charge on any atom is 0.0780 e. The van der Waals surface area contributed by atoms with Gasteiger partial charge in [0.05, 0.1) is 27.7 Å². The third-order valence-corrected chi connectivity index (χ3v) is 4.34. The average molecular weight is 311 g/mol. The Morgan fingerprint density at radius 1 is 0.545 bits per heavy atom. The molecule has 0 aliphatic heterocycles. The molecule has 0 aromatic rings. The first-order valence-corrected chi connectivity index (χ1v) is 10.0. The van der Waals surface area contributed by atoms with Crippen molar-refractivity contribution in [2.75, 3.05) is 27.7 Å². The Morgan fingerprint density at radius 3 is 1.41 bits per heavy atom. The predicted octanol–water partition coefficient (Wildman–Crippen LogP) is 6.73. The molecule has 0 bridgehead atoms. The second-order valence-corrected chi connectivity index (χ2v) is 7.95. The molecule has 0 saturated heterocycles. The largest absolute Gasteiger partial charge is 0.331 e. The van der Waals surface area contributed by atoms with E-state index in [4.69, 9.17) is 0 Å². The second-order valence-electron chi connectivity index (χ2n) is 7.95. The molecular weight excluding hydrogens is 266 g/mol. The molecule has 22 heavy (non-hydrogen) atoms. The first-order valence-electron chi connectivity index (χ1n) is 10.0.